The van der Waals surface area contributed by atoms with Gasteiger partial charge in [0.2, 0.25) is 5.79 Å². The smallest absolute Gasteiger partial charge is 0.214 e. The molecule has 0 radical (unpaired) electrons. The summed E-state index contributed by atoms with van der Waals surface area (Å²) in [5, 5.41) is 9.92. The van der Waals surface area contributed by atoms with Crippen LogP contribution in [-0.2, 0) is 4.74 Å². The van der Waals surface area contributed by atoms with E-state index in [0.29, 0.717) is 12.8 Å². The van der Waals surface area contributed by atoms with E-state index in [-0.39, 0.29) is 0 Å². The monoisotopic (exact) mass is 180 g/mol. The average molecular weight is 180 g/mol. The van der Waals surface area contributed by atoms with Crippen LogP contribution in [0, 0.1) is 0 Å². The standard InChI is InChI=1S/C11H16O2/c12-11(8-4-5-9-11)13-10-6-2-1-3-7-10/h4-6,12H,1-3,7-9H2. The van der Waals surface area contributed by atoms with Crippen molar-refractivity contribution in [2.75, 3.05) is 0 Å². The van der Waals surface area contributed by atoms with Crippen molar-refractivity contribution in [1.82, 2.24) is 0 Å². The van der Waals surface area contributed by atoms with Gasteiger partial charge in [-0.2, -0.15) is 0 Å². The first-order chi connectivity index (χ1) is 6.29. The van der Waals surface area contributed by atoms with Crippen molar-refractivity contribution >= 4 is 0 Å². The van der Waals surface area contributed by atoms with Crippen molar-refractivity contribution in [2.24, 2.45) is 0 Å². The molecule has 1 N–H and O–H groups in total. The number of rotatable bonds is 2. The maximum atomic E-state index is 9.92. The third-order valence-corrected chi connectivity index (χ3v) is 2.61. The Labute approximate surface area is 78.9 Å². The van der Waals surface area contributed by atoms with Gasteiger partial charge in [0.1, 0.15) is 0 Å². The lowest BCUT2D eigenvalue weighted by molar-refractivity contribution is -0.168. The molecule has 0 aromatic carbocycles. The highest BCUT2D eigenvalue weighted by Gasteiger charge is 2.30. The summed E-state index contributed by atoms with van der Waals surface area (Å²) in [6, 6.07) is 0. The predicted molar refractivity (Wildman–Crippen MR) is 51.0 cm³/mol. The summed E-state index contributed by atoms with van der Waals surface area (Å²) in [6.45, 7) is 0. The zero-order chi connectivity index (χ0) is 9.15. The predicted octanol–water partition coefficient (Wildman–Crippen LogP) is 2.50. The van der Waals surface area contributed by atoms with Crippen LogP contribution in [0.5, 0.6) is 0 Å². The van der Waals surface area contributed by atoms with Crippen LogP contribution < -0.4 is 0 Å². The van der Waals surface area contributed by atoms with Gasteiger partial charge in [-0.25, -0.2) is 0 Å². The van der Waals surface area contributed by atoms with Gasteiger partial charge in [0.05, 0.1) is 5.76 Å². The van der Waals surface area contributed by atoms with Crippen LogP contribution in [-0.4, -0.2) is 10.9 Å². The maximum absolute atomic E-state index is 9.92. The minimum Gasteiger partial charge on any atom is -0.467 e. The lowest BCUT2D eigenvalue weighted by atomic mass is 10.1. The molecule has 0 aliphatic heterocycles. The molecule has 0 atom stereocenters. The molecule has 0 fully saturated rings. The average Bonchev–Trinajstić information content (AvgIpc) is 2.54. The van der Waals surface area contributed by atoms with E-state index < -0.39 is 5.79 Å². The number of allylic oxidation sites excluding steroid dienone is 2. The SMILES string of the molecule is OC1(OC2=CCCCC2)CC=CC1. The zero-order valence-electron chi connectivity index (χ0n) is 7.83. The molecular formula is C11H16O2. The second kappa shape index (κ2) is 3.54. The third-order valence-electron chi connectivity index (χ3n) is 2.61. The molecule has 0 saturated carbocycles. The second-order valence-corrected chi connectivity index (χ2v) is 3.84. The van der Waals surface area contributed by atoms with E-state index in [0.717, 1.165) is 18.6 Å². The molecule has 2 aliphatic carbocycles. The first kappa shape index (κ1) is 8.82. The highest BCUT2D eigenvalue weighted by molar-refractivity contribution is 5.04. The van der Waals surface area contributed by atoms with Gasteiger partial charge in [0.25, 0.3) is 0 Å². The molecule has 2 heteroatoms. The topological polar surface area (TPSA) is 29.5 Å². The number of hydrogen-bond donors (Lipinski definition) is 1. The lowest BCUT2D eigenvalue weighted by Gasteiger charge is -2.27. The fourth-order valence-electron chi connectivity index (χ4n) is 1.85. The molecule has 0 bridgehead atoms. The van der Waals surface area contributed by atoms with Crippen molar-refractivity contribution in [3.63, 3.8) is 0 Å². The normalized spacial score (nSPS) is 25.8. The van der Waals surface area contributed by atoms with Crippen LogP contribution in [0.3, 0.4) is 0 Å². The Morgan fingerprint density at radius 3 is 2.62 bits per heavy atom. The molecule has 2 aliphatic rings. The van der Waals surface area contributed by atoms with E-state index in [2.05, 4.69) is 6.08 Å². The first-order valence-electron chi connectivity index (χ1n) is 5.04. The Bertz CT molecular complexity index is 232. The maximum Gasteiger partial charge on any atom is 0.214 e. The van der Waals surface area contributed by atoms with E-state index >= 15 is 0 Å². The summed E-state index contributed by atoms with van der Waals surface area (Å²) in [4.78, 5) is 0. The minimum absolute atomic E-state index is 0.629. The van der Waals surface area contributed by atoms with Gasteiger partial charge < -0.3 is 9.84 Å². The van der Waals surface area contributed by atoms with Gasteiger partial charge >= 0.3 is 0 Å². The lowest BCUT2D eigenvalue weighted by Crippen LogP contribution is -2.28. The molecular weight excluding hydrogens is 164 g/mol. The van der Waals surface area contributed by atoms with Gasteiger partial charge in [-0.1, -0.05) is 12.2 Å². The summed E-state index contributed by atoms with van der Waals surface area (Å²) in [6.07, 6.45) is 11.8. The van der Waals surface area contributed by atoms with Gasteiger partial charge in [-0.05, 0) is 25.3 Å². The molecule has 0 aromatic rings. The van der Waals surface area contributed by atoms with Gasteiger partial charge in [0.15, 0.2) is 0 Å². The van der Waals surface area contributed by atoms with Crippen LogP contribution in [0.1, 0.15) is 38.5 Å². The number of ether oxygens (including phenoxy) is 1. The van der Waals surface area contributed by atoms with Crippen molar-refractivity contribution in [2.45, 2.75) is 44.3 Å². The van der Waals surface area contributed by atoms with Crippen LogP contribution in [0.2, 0.25) is 0 Å². The second-order valence-electron chi connectivity index (χ2n) is 3.84. The van der Waals surface area contributed by atoms with Crippen LogP contribution in [0.15, 0.2) is 24.0 Å². The number of hydrogen-bond acceptors (Lipinski definition) is 2. The summed E-state index contributed by atoms with van der Waals surface area (Å²) in [7, 11) is 0. The van der Waals surface area contributed by atoms with Crippen molar-refractivity contribution < 1.29 is 9.84 Å². The molecule has 0 heterocycles. The molecule has 2 rings (SSSR count). The van der Waals surface area contributed by atoms with Crippen LogP contribution >= 0.6 is 0 Å². The first-order valence-corrected chi connectivity index (χ1v) is 5.04. The zero-order valence-corrected chi connectivity index (χ0v) is 7.83. The Kier molecular flexibility index (Phi) is 2.40. The minimum atomic E-state index is -0.927. The van der Waals surface area contributed by atoms with E-state index in [9.17, 15) is 5.11 Å². The molecule has 72 valence electrons. The molecule has 2 nitrogen and oxygen atoms in total. The summed E-state index contributed by atoms with van der Waals surface area (Å²) < 4.78 is 5.59. The van der Waals surface area contributed by atoms with E-state index in [4.69, 9.17) is 4.74 Å². The molecule has 13 heavy (non-hydrogen) atoms. The Morgan fingerprint density at radius 1 is 1.23 bits per heavy atom. The fourth-order valence-corrected chi connectivity index (χ4v) is 1.85. The Hall–Kier alpha value is -0.760. The van der Waals surface area contributed by atoms with Gasteiger partial charge in [-0.15, -0.1) is 0 Å². The quantitative estimate of drug-likeness (QED) is 0.522. The van der Waals surface area contributed by atoms with E-state index in [1.165, 1.54) is 12.8 Å². The summed E-state index contributed by atoms with van der Waals surface area (Å²) in [5.41, 5.74) is 0. The Morgan fingerprint density at radius 2 is 2.00 bits per heavy atom. The Balaban J connectivity index is 1.92. The van der Waals surface area contributed by atoms with Crippen molar-refractivity contribution in [1.29, 1.82) is 0 Å². The molecule has 0 spiro atoms. The highest BCUT2D eigenvalue weighted by atomic mass is 16.6. The van der Waals surface area contributed by atoms with Crippen LogP contribution in [0.25, 0.3) is 0 Å². The molecule has 0 unspecified atom stereocenters. The van der Waals surface area contributed by atoms with Gasteiger partial charge in [0, 0.05) is 19.3 Å². The van der Waals surface area contributed by atoms with Crippen molar-refractivity contribution in [3.05, 3.63) is 24.0 Å². The molecule has 0 saturated heterocycles. The van der Waals surface area contributed by atoms with Gasteiger partial charge in [-0.3, -0.25) is 0 Å². The fraction of sp³-hybridized carbons (Fsp3) is 0.636. The highest BCUT2D eigenvalue weighted by Crippen LogP contribution is 2.30. The molecule has 0 amide bonds. The van der Waals surface area contributed by atoms with Crippen LogP contribution in [0.4, 0.5) is 0 Å². The van der Waals surface area contributed by atoms with E-state index in [1.54, 1.807) is 0 Å². The number of aliphatic hydroxyl groups is 1. The third kappa shape index (κ3) is 2.13. The largest absolute Gasteiger partial charge is 0.467 e. The molecule has 0 aromatic heterocycles. The van der Waals surface area contributed by atoms with E-state index in [1.807, 2.05) is 12.2 Å². The summed E-state index contributed by atoms with van der Waals surface area (Å²) >= 11 is 0. The summed E-state index contributed by atoms with van der Waals surface area (Å²) in [5.74, 6) is 0.0563. The van der Waals surface area contributed by atoms with Crippen molar-refractivity contribution in [3.8, 4) is 0 Å².